The predicted octanol–water partition coefficient (Wildman–Crippen LogP) is 1.74. The van der Waals surface area contributed by atoms with Crippen molar-refractivity contribution >= 4 is 16.9 Å². The maximum atomic E-state index is 10.9. The minimum absolute atomic E-state index is 0.0700. The molecule has 0 bridgehead atoms. The number of Topliss-reactive ketones (excluding diaryl/α,β-unsaturated/α-hetero) is 1. The molecule has 0 unspecified atom stereocenters. The summed E-state index contributed by atoms with van der Waals surface area (Å²) in [5, 5.41) is 9.11. The van der Waals surface area contributed by atoms with E-state index in [1.165, 1.54) is 19.1 Å². The van der Waals surface area contributed by atoms with Crippen LogP contribution in [0.1, 0.15) is 17.6 Å². The third kappa shape index (κ3) is 1.26. The molecular formula is C9H7NO3. The first-order chi connectivity index (χ1) is 6.16. The lowest BCUT2D eigenvalue weighted by Crippen LogP contribution is -1.89. The van der Waals surface area contributed by atoms with E-state index in [9.17, 15) is 4.79 Å². The Morgan fingerprint density at radius 1 is 1.54 bits per heavy atom. The highest BCUT2D eigenvalue weighted by Gasteiger charge is 2.09. The van der Waals surface area contributed by atoms with Crippen molar-refractivity contribution in [1.82, 2.24) is 4.98 Å². The molecule has 0 atom stereocenters. The molecule has 0 fully saturated rings. The molecular weight excluding hydrogens is 170 g/mol. The number of fused-ring (bicyclic) bond motifs is 1. The van der Waals surface area contributed by atoms with Gasteiger partial charge >= 0.3 is 0 Å². The quantitative estimate of drug-likeness (QED) is 0.674. The number of oxazole rings is 1. The second-order valence-corrected chi connectivity index (χ2v) is 2.73. The van der Waals surface area contributed by atoms with Gasteiger partial charge in [0.05, 0.1) is 0 Å². The van der Waals surface area contributed by atoms with Gasteiger partial charge < -0.3 is 9.52 Å². The molecule has 4 nitrogen and oxygen atoms in total. The number of rotatable bonds is 1. The summed E-state index contributed by atoms with van der Waals surface area (Å²) in [6.07, 6.45) is 0. The SMILES string of the molecule is CC(=O)c1nc2cc(O)ccc2o1. The van der Waals surface area contributed by atoms with Crippen LogP contribution in [0.3, 0.4) is 0 Å². The van der Waals surface area contributed by atoms with Gasteiger partial charge in [-0.15, -0.1) is 0 Å². The molecule has 1 aromatic carbocycles. The molecule has 1 N–H and O–H groups in total. The molecule has 0 amide bonds. The Labute approximate surface area is 73.8 Å². The zero-order valence-electron chi connectivity index (χ0n) is 6.94. The van der Waals surface area contributed by atoms with Gasteiger partial charge in [0.2, 0.25) is 5.78 Å². The molecule has 13 heavy (non-hydrogen) atoms. The van der Waals surface area contributed by atoms with Crippen LogP contribution in [0.5, 0.6) is 5.75 Å². The van der Waals surface area contributed by atoms with Crippen molar-refractivity contribution in [2.45, 2.75) is 6.92 Å². The standard InChI is InChI=1S/C9H7NO3/c1-5(11)9-10-7-4-6(12)2-3-8(7)13-9/h2-4,12H,1H3. The van der Waals surface area contributed by atoms with Crippen LogP contribution in [-0.4, -0.2) is 15.9 Å². The Bertz CT molecular complexity index is 473. The second-order valence-electron chi connectivity index (χ2n) is 2.73. The molecule has 66 valence electrons. The average molecular weight is 177 g/mol. The van der Waals surface area contributed by atoms with Gasteiger partial charge in [-0.25, -0.2) is 4.98 Å². The highest BCUT2D eigenvalue weighted by Crippen LogP contribution is 2.20. The third-order valence-corrected chi connectivity index (χ3v) is 1.67. The lowest BCUT2D eigenvalue weighted by Gasteiger charge is -1.86. The lowest BCUT2D eigenvalue weighted by atomic mass is 10.3. The van der Waals surface area contributed by atoms with Crippen molar-refractivity contribution in [2.75, 3.05) is 0 Å². The number of hydrogen-bond acceptors (Lipinski definition) is 4. The zero-order chi connectivity index (χ0) is 9.42. The van der Waals surface area contributed by atoms with Crippen molar-refractivity contribution in [1.29, 1.82) is 0 Å². The molecule has 0 saturated heterocycles. The summed E-state index contributed by atoms with van der Waals surface area (Å²) < 4.78 is 5.11. The van der Waals surface area contributed by atoms with Crippen LogP contribution >= 0.6 is 0 Å². The Morgan fingerprint density at radius 2 is 2.31 bits per heavy atom. The van der Waals surface area contributed by atoms with E-state index in [0.29, 0.717) is 11.1 Å². The number of carbonyl (C=O) groups is 1. The number of aromatic nitrogens is 1. The molecule has 2 rings (SSSR count). The van der Waals surface area contributed by atoms with Crippen LogP contribution < -0.4 is 0 Å². The molecule has 0 spiro atoms. The Hall–Kier alpha value is -1.84. The number of hydrogen-bond donors (Lipinski definition) is 1. The first-order valence-electron chi connectivity index (χ1n) is 3.77. The maximum Gasteiger partial charge on any atom is 0.263 e. The Morgan fingerprint density at radius 3 is 3.00 bits per heavy atom. The smallest absolute Gasteiger partial charge is 0.263 e. The van der Waals surface area contributed by atoms with E-state index in [2.05, 4.69) is 4.98 Å². The highest BCUT2D eigenvalue weighted by molar-refractivity contribution is 5.92. The Kier molecular flexibility index (Phi) is 1.55. The van der Waals surface area contributed by atoms with E-state index in [-0.39, 0.29) is 17.4 Å². The normalized spacial score (nSPS) is 10.5. The maximum absolute atomic E-state index is 10.9. The number of benzene rings is 1. The monoisotopic (exact) mass is 177 g/mol. The van der Waals surface area contributed by atoms with E-state index in [4.69, 9.17) is 9.52 Å². The first kappa shape index (κ1) is 7.79. The molecule has 0 saturated carbocycles. The minimum Gasteiger partial charge on any atom is -0.508 e. The van der Waals surface area contributed by atoms with Crippen molar-refractivity contribution < 1.29 is 14.3 Å². The largest absolute Gasteiger partial charge is 0.508 e. The van der Waals surface area contributed by atoms with E-state index in [1.807, 2.05) is 0 Å². The summed E-state index contributed by atoms with van der Waals surface area (Å²) in [5.41, 5.74) is 0.994. The molecule has 1 aromatic heterocycles. The summed E-state index contributed by atoms with van der Waals surface area (Å²) in [4.78, 5) is 14.8. The summed E-state index contributed by atoms with van der Waals surface area (Å²) in [5.74, 6) is -0.0489. The molecule has 0 radical (unpaired) electrons. The molecule has 0 aliphatic heterocycles. The van der Waals surface area contributed by atoms with Crippen LogP contribution in [-0.2, 0) is 0 Å². The first-order valence-corrected chi connectivity index (χ1v) is 3.77. The van der Waals surface area contributed by atoms with Crippen LogP contribution in [0, 0.1) is 0 Å². The predicted molar refractivity (Wildman–Crippen MR) is 45.7 cm³/mol. The van der Waals surface area contributed by atoms with E-state index >= 15 is 0 Å². The summed E-state index contributed by atoms with van der Waals surface area (Å²) in [6.45, 7) is 1.38. The number of ketones is 1. The molecule has 1 heterocycles. The van der Waals surface area contributed by atoms with Gasteiger partial charge in [-0.05, 0) is 12.1 Å². The van der Waals surface area contributed by atoms with Crippen LogP contribution in [0.4, 0.5) is 0 Å². The minimum atomic E-state index is -0.226. The Balaban J connectivity index is 2.68. The van der Waals surface area contributed by atoms with Gasteiger partial charge in [0, 0.05) is 13.0 Å². The molecule has 2 aromatic rings. The van der Waals surface area contributed by atoms with Gasteiger partial charge in [-0.2, -0.15) is 0 Å². The van der Waals surface area contributed by atoms with Crippen molar-refractivity contribution in [3.63, 3.8) is 0 Å². The van der Waals surface area contributed by atoms with Gasteiger partial charge in [0.1, 0.15) is 11.3 Å². The number of phenolic OH excluding ortho intramolecular Hbond substituents is 1. The van der Waals surface area contributed by atoms with Gasteiger partial charge in [-0.1, -0.05) is 0 Å². The highest BCUT2D eigenvalue weighted by atomic mass is 16.4. The summed E-state index contributed by atoms with van der Waals surface area (Å²) in [6, 6.07) is 4.51. The number of phenols is 1. The van der Waals surface area contributed by atoms with Crippen LogP contribution in [0.2, 0.25) is 0 Å². The third-order valence-electron chi connectivity index (χ3n) is 1.67. The van der Waals surface area contributed by atoms with E-state index in [1.54, 1.807) is 6.07 Å². The van der Waals surface area contributed by atoms with Crippen molar-refractivity contribution in [3.05, 3.63) is 24.1 Å². The van der Waals surface area contributed by atoms with Crippen molar-refractivity contribution in [3.8, 4) is 5.75 Å². The fraction of sp³-hybridized carbons (Fsp3) is 0.111. The van der Waals surface area contributed by atoms with Crippen molar-refractivity contribution in [2.24, 2.45) is 0 Å². The lowest BCUT2D eigenvalue weighted by molar-refractivity contribution is 0.0983. The summed E-state index contributed by atoms with van der Waals surface area (Å²) >= 11 is 0. The number of nitrogens with zero attached hydrogens (tertiary/aromatic N) is 1. The van der Waals surface area contributed by atoms with E-state index in [0.717, 1.165) is 0 Å². The summed E-state index contributed by atoms with van der Waals surface area (Å²) in [7, 11) is 0. The zero-order valence-corrected chi connectivity index (χ0v) is 6.94. The fourth-order valence-corrected chi connectivity index (χ4v) is 1.07. The average Bonchev–Trinajstić information content (AvgIpc) is 2.46. The topological polar surface area (TPSA) is 63.3 Å². The van der Waals surface area contributed by atoms with Gasteiger partial charge in [0.15, 0.2) is 5.58 Å². The fourth-order valence-electron chi connectivity index (χ4n) is 1.07. The van der Waals surface area contributed by atoms with Gasteiger partial charge in [0.25, 0.3) is 5.89 Å². The molecule has 4 heteroatoms. The number of aromatic hydroxyl groups is 1. The molecule has 0 aliphatic carbocycles. The molecule has 0 aliphatic rings. The second kappa shape index (κ2) is 2.58. The number of carbonyl (C=O) groups excluding carboxylic acids is 1. The van der Waals surface area contributed by atoms with Gasteiger partial charge in [-0.3, -0.25) is 4.79 Å². The van der Waals surface area contributed by atoms with E-state index < -0.39 is 0 Å². The van der Waals surface area contributed by atoms with Crippen LogP contribution in [0.15, 0.2) is 22.6 Å². The van der Waals surface area contributed by atoms with Crippen LogP contribution in [0.25, 0.3) is 11.1 Å².